The van der Waals surface area contributed by atoms with Crippen LogP contribution in [0, 0.1) is 6.92 Å². The molecule has 0 bridgehead atoms. The van der Waals surface area contributed by atoms with Crippen LogP contribution in [0.3, 0.4) is 0 Å². The van der Waals surface area contributed by atoms with Crippen LogP contribution >= 0.6 is 11.6 Å². The fraction of sp³-hybridized carbons (Fsp3) is 0.600. The number of aryl methyl sites for hydroxylation is 1. The average Bonchev–Trinajstić information content (AvgIpc) is 2.43. The quantitative estimate of drug-likeness (QED) is 0.809. The Morgan fingerprint density at radius 2 is 2.00 bits per heavy atom. The van der Waals surface area contributed by atoms with Gasteiger partial charge in [0, 0.05) is 24.8 Å². The lowest BCUT2D eigenvalue weighted by Gasteiger charge is -2.40. The minimum absolute atomic E-state index is 0.00488. The van der Waals surface area contributed by atoms with E-state index in [1.165, 1.54) is 4.90 Å². The third-order valence-corrected chi connectivity index (χ3v) is 3.59. The monoisotopic (exact) mass is 356 g/mol. The van der Waals surface area contributed by atoms with Gasteiger partial charge in [-0.25, -0.2) is 19.6 Å². The number of carboxylic acid groups (broad SMARTS) is 1. The highest BCUT2D eigenvalue weighted by molar-refractivity contribution is 6.28. The highest BCUT2D eigenvalue weighted by Gasteiger charge is 2.36. The highest BCUT2D eigenvalue weighted by atomic mass is 35.5. The molecule has 0 unspecified atom stereocenters. The van der Waals surface area contributed by atoms with Crippen LogP contribution < -0.4 is 4.90 Å². The molecular formula is C15H21ClN4O4. The smallest absolute Gasteiger partial charge is 0.410 e. The van der Waals surface area contributed by atoms with Crippen LogP contribution in [0.15, 0.2) is 6.07 Å². The molecule has 0 aromatic carbocycles. The summed E-state index contributed by atoms with van der Waals surface area (Å²) in [5.74, 6) is -0.612. The number of anilines is 1. The van der Waals surface area contributed by atoms with Gasteiger partial charge in [-0.1, -0.05) is 0 Å². The number of piperazine rings is 1. The molecule has 2 rings (SSSR count). The van der Waals surface area contributed by atoms with E-state index in [0.717, 1.165) is 0 Å². The number of hydrogen-bond acceptors (Lipinski definition) is 6. The van der Waals surface area contributed by atoms with Crippen LogP contribution in [0.25, 0.3) is 0 Å². The Labute approximate surface area is 145 Å². The molecule has 1 amide bonds. The zero-order chi connectivity index (χ0) is 18.1. The Balaban J connectivity index is 2.20. The number of halogens is 1. The first-order valence-electron chi connectivity index (χ1n) is 7.55. The molecule has 1 saturated heterocycles. The molecule has 0 radical (unpaired) electrons. The number of nitrogens with zero attached hydrogens (tertiary/aromatic N) is 4. The number of aromatic nitrogens is 2. The maximum Gasteiger partial charge on any atom is 0.410 e. The molecule has 1 N–H and O–H groups in total. The van der Waals surface area contributed by atoms with Gasteiger partial charge in [0.15, 0.2) is 0 Å². The summed E-state index contributed by atoms with van der Waals surface area (Å²) < 4.78 is 5.31. The van der Waals surface area contributed by atoms with E-state index < -0.39 is 23.7 Å². The normalized spacial score (nSPS) is 18.5. The number of carbonyl (C=O) groups is 2. The average molecular weight is 357 g/mol. The fourth-order valence-electron chi connectivity index (χ4n) is 2.42. The van der Waals surface area contributed by atoms with E-state index >= 15 is 0 Å². The predicted octanol–water partition coefficient (Wildman–Crippen LogP) is 1.95. The van der Waals surface area contributed by atoms with E-state index in [-0.39, 0.29) is 11.8 Å². The molecule has 1 atom stereocenters. The zero-order valence-corrected chi connectivity index (χ0v) is 14.9. The molecule has 1 aromatic heterocycles. The summed E-state index contributed by atoms with van der Waals surface area (Å²) in [5, 5.41) is 9.60. The summed E-state index contributed by atoms with van der Waals surface area (Å²) in [7, 11) is 0. The van der Waals surface area contributed by atoms with Gasteiger partial charge >= 0.3 is 12.1 Å². The van der Waals surface area contributed by atoms with E-state index in [1.807, 2.05) is 0 Å². The Kier molecular flexibility index (Phi) is 5.17. The standard InChI is InChI=1S/C15H21ClN4O4/c1-9-7-11(18-13(16)17-9)20-6-5-19(8-10(20)12(21)22)14(23)24-15(2,3)4/h7,10H,5-6,8H2,1-4H3,(H,21,22)/t10-/m0/s1. The van der Waals surface area contributed by atoms with Crippen molar-refractivity contribution in [3.8, 4) is 0 Å². The molecule has 1 aliphatic heterocycles. The highest BCUT2D eigenvalue weighted by Crippen LogP contribution is 2.22. The van der Waals surface area contributed by atoms with Gasteiger partial charge in [0.05, 0.1) is 6.54 Å². The topological polar surface area (TPSA) is 95.9 Å². The largest absolute Gasteiger partial charge is 0.480 e. The Bertz CT molecular complexity index is 627. The SMILES string of the molecule is Cc1cc(N2CCN(C(=O)OC(C)(C)C)C[C@H]2C(=O)O)nc(Cl)n1. The maximum absolute atomic E-state index is 12.2. The lowest BCUT2D eigenvalue weighted by atomic mass is 10.1. The van der Waals surface area contributed by atoms with Crippen molar-refractivity contribution in [3.63, 3.8) is 0 Å². The predicted molar refractivity (Wildman–Crippen MR) is 88.4 cm³/mol. The van der Waals surface area contributed by atoms with Crippen molar-refractivity contribution >= 4 is 29.5 Å². The van der Waals surface area contributed by atoms with Crippen LogP contribution in [-0.4, -0.2) is 63.3 Å². The Hall–Kier alpha value is -2.09. The number of ether oxygens (including phenoxy) is 1. The number of amides is 1. The molecule has 9 heteroatoms. The summed E-state index contributed by atoms with van der Waals surface area (Å²) in [6, 6.07) is 0.738. The number of aliphatic carboxylic acids is 1. The second-order valence-electron chi connectivity index (χ2n) is 6.61. The summed E-state index contributed by atoms with van der Waals surface area (Å²) >= 11 is 5.87. The number of rotatable bonds is 2. The first-order valence-corrected chi connectivity index (χ1v) is 7.93. The molecule has 1 fully saturated rings. The number of carboxylic acids is 1. The van der Waals surface area contributed by atoms with Gasteiger partial charge in [-0.05, 0) is 39.3 Å². The molecule has 132 valence electrons. The van der Waals surface area contributed by atoms with Crippen molar-refractivity contribution in [1.29, 1.82) is 0 Å². The van der Waals surface area contributed by atoms with E-state index in [1.54, 1.807) is 38.7 Å². The molecule has 24 heavy (non-hydrogen) atoms. The summed E-state index contributed by atoms with van der Waals surface area (Å²) in [5.41, 5.74) is 0.00763. The Morgan fingerprint density at radius 1 is 1.33 bits per heavy atom. The van der Waals surface area contributed by atoms with Gasteiger partial charge in [0.1, 0.15) is 17.5 Å². The molecule has 1 aromatic rings. The Morgan fingerprint density at radius 3 is 2.54 bits per heavy atom. The van der Waals surface area contributed by atoms with E-state index in [4.69, 9.17) is 16.3 Å². The zero-order valence-electron chi connectivity index (χ0n) is 14.1. The van der Waals surface area contributed by atoms with Crippen LogP contribution in [0.2, 0.25) is 5.28 Å². The van der Waals surface area contributed by atoms with Crippen LogP contribution in [-0.2, 0) is 9.53 Å². The van der Waals surface area contributed by atoms with Gasteiger partial charge in [0.2, 0.25) is 5.28 Å². The van der Waals surface area contributed by atoms with Crippen LogP contribution in [0.1, 0.15) is 26.5 Å². The lowest BCUT2D eigenvalue weighted by molar-refractivity contribution is -0.139. The molecule has 8 nitrogen and oxygen atoms in total. The summed E-state index contributed by atoms with van der Waals surface area (Å²) in [4.78, 5) is 34.9. The second kappa shape index (κ2) is 6.80. The molecule has 0 aliphatic carbocycles. The maximum atomic E-state index is 12.2. The first kappa shape index (κ1) is 18.3. The van der Waals surface area contributed by atoms with E-state index in [2.05, 4.69) is 9.97 Å². The van der Waals surface area contributed by atoms with Crippen molar-refractivity contribution in [3.05, 3.63) is 17.0 Å². The third kappa shape index (κ3) is 4.47. The van der Waals surface area contributed by atoms with Gasteiger partial charge in [-0.15, -0.1) is 0 Å². The van der Waals surface area contributed by atoms with Crippen LogP contribution in [0.5, 0.6) is 0 Å². The lowest BCUT2D eigenvalue weighted by Crippen LogP contribution is -2.58. The molecule has 0 saturated carbocycles. The molecule has 1 aliphatic rings. The summed E-state index contributed by atoms with van der Waals surface area (Å²) in [6.07, 6.45) is -0.523. The fourth-order valence-corrected chi connectivity index (χ4v) is 2.64. The van der Waals surface area contributed by atoms with Gasteiger partial charge in [-0.3, -0.25) is 0 Å². The van der Waals surface area contributed by atoms with Gasteiger partial charge in [-0.2, -0.15) is 0 Å². The van der Waals surface area contributed by atoms with Gasteiger partial charge in [0.25, 0.3) is 0 Å². The minimum atomic E-state index is -1.05. The first-order chi connectivity index (χ1) is 11.1. The van der Waals surface area contributed by atoms with Gasteiger partial charge < -0.3 is 19.6 Å². The molecule has 0 spiro atoms. The van der Waals surface area contributed by atoms with Crippen molar-refractivity contribution < 1.29 is 19.4 Å². The number of carbonyl (C=O) groups excluding carboxylic acids is 1. The van der Waals surface area contributed by atoms with Crippen molar-refractivity contribution in [2.24, 2.45) is 0 Å². The molecule has 2 heterocycles. The second-order valence-corrected chi connectivity index (χ2v) is 6.95. The van der Waals surface area contributed by atoms with Crippen molar-refractivity contribution in [1.82, 2.24) is 14.9 Å². The minimum Gasteiger partial charge on any atom is -0.480 e. The summed E-state index contributed by atoms with van der Waals surface area (Å²) in [6.45, 7) is 7.70. The van der Waals surface area contributed by atoms with E-state index in [0.29, 0.717) is 24.6 Å². The number of hydrogen-bond donors (Lipinski definition) is 1. The van der Waals surface area contributed by atoms with Crippen molar-refractivity contribution in [2.45, 2.75) is 39.3 Å². The van der Waals surface area contributed by atoms with E-state index in [9.17, 15) is 14.7 Å². The van der Waals surface area contributed by atoms with Crippen molar-refractivity contribution in [2.75, 3.05) is 24.5 Å². The van der Waals surface area contributed by atoms with Crippen LogP contribution in [0.4, 0.5) is 10.6 Å². The molecular weight excluding hydrogens is 336 g/mol. The third-order valence-electron chi connectivity index (χ3n) is 3.42.